The summed E-state index contributed by atoms with van der Waals surface area (Å²) in [7, 11) is 0. The average molecular weight is 690 g/mol. The first-order chi connectivity index (χ1) is 26.5. The number of rotatable bonds is 4. The molecule has 0 atom stereocenters. The fourth-order valence-corrected chi connectivity index (χ4v) is 9.32. The van der Waals surface area contributed by atoms with Gasteiger partial charge in [0, 0.05) is 28.7 Å². The molecule has 1 heterocycles. The van der Waals surface area contributed by atoms with E-state index in [1.807, 2.05) is 24.3 Å². The molecule has 7 aromatic carbocycles. The van der Waals surface area contributed by atoms with Gasteiger partial charge in [0.15, 0.2) is 0 Å². The van der Waals surface area contributed by atoms with Gasteiger partial charge in [-0.2, -0.15) is 5.26 Å². The van der Waals surface area contributed by atoms with E-state index in [0.29, 0.717) is 5.56 Å². The van der Waals surface area contributed by atoms with Crippen LogP contribution in [0.1, 0.15) is 52.8 Å². The first kappa shape index (κ1) is 31.9. The SMILES string of the molecule is CC1(C)c2ccccc2C2(c3ccccc3-c3cc(-c4cc(-c5cccc(C#N)c5)cc(-c5ccc(-c6ccccc6)cc5)[nH+]4)ccc32)c2ccccc21. The van der Waals surface area contributed by atoms with Gasteiger partial charge in [0.2, 0.25) is 11.4 Å². The summed E-state index contributed by atoms with van der Waals surface area (Å²) >= 11 is 0. The number of aromatic amines is 1. The third-order valence-electron chi connectivity index (χ3n) is 11.9. The van der Waals surface area contributed by atoms with Gasteiger partial charge in [-0.3, -0.25) is 0 Å². The third kappa shape index (κ3) is 4.69. The number of benzene rings is 7. The molecule has 1 N–H and O–H groups in total. The van der Waals surface area contributed by atoms with E-state index in [4.69, 9.17) is 0 Å². The number of nitrogens with one attached hydrogen (secondary N) is 1. The van der Waals surface area contributed by atoms with E-state index in [1.54, 1.807) is 0 Å². The number of nitriles is 1. The second kappa shape index (κ2) is 12.1. The highest BCUT2D eigenvalue weighted by atomic mass is 14.7. The Morgan fingerprint density at radius 1 is 0.389 bits per heavy atom. The van der Waals surface area contributed by atoms with Crippen molar-refractivity contribution >= 4 is 0 Å². The molecule has 0 bridgehead atoms. The maximum absolute atomic E-state index is 9.76. The Morgan fingerprint density at radius 3 is 1.59 bits per heavy atom. The lowest BCUT2D eigenvalue weighted by Crippen LogP contribution is -2.40. The molecule has 0 fully saturated rings. The molecule has 0 aliphatic heterocycles. The highest BCUT2D eigenvalue weighted by Crippen LogP contribution is 2.62. The Balaban J connectivity index is 1.18. The lowest BCUT2D eigenvalue weighted by molar-refractivity contribution is -0.351. The van der Waals surface area contributed by atoms with Crippen molar-refractivity contribution in [1.29, 1.82) is 5.26 Å². The predicted octanol–water partition coefficient (Wildman–Crippen LogP) is 12.0. The molecule has 8 aromatic rings. The zero-order valence-corrected chi connectivity index (χ0v) is 30.3. The van der Waals surface area contributed by atoms with Crippen LogP contribution in [0.4, 0.5) is 0 Å². The Bertz CT molecular complexity index is 2750. The Labute approximate surface area is 316 Å². The summed E-state index contributed by atoms with van der Waals surface area (Å²) in [6.07, 6.45) is 0. The van der Waals surface area contributed by atoms with Crippen LogP contribution in [0.3, 0.4) is 0 Å². The standard InChI is InChI=1S/C52H36N2/c1-51(2)45-19-8-10-21-47(45)52(48-22-11-9-20-46(48)51)43-18-7-6-17-41(43)42-30-39(27-28-44(42)52)50-32-40(38-16-12-13-34(29-38)33-53)31-49(54-50)37-25-23-36(24-26-37)35-14-4-3-5-15-35/h3-32H,1-2H3/p+1. The molecular formula is C52H37N2+. The Morgan fingerprint density at radius 2 is 0.907 bits per heavy atom. The first-order valence-corrected chi connectivity index (χ1v) is 18.7. The molecule has 0 amide bonds. The maximum atomic E-state index is 9.76. The van der Waals surface area contributed by atoms with Gasteiger partial charge in [0.05, 0.1) is 17.0 Å². The topological polar surface area (TPSA) is 37.9 Å². The number of hydrogen-bond donors (Lipinski definition) is 0. The number of fused-ring (bicyclic) bond motifs is 9. The summed E-state index contributed by atoms with van der Waals surface area (Å²) < 4.78 is 0. The number of nitrogens with zero attached hydrogens (tertiary/aromatic N) is 1. The minimum Gasteiger partial charge on any atom is -0.204 e. The van der Waals surface area contributed by atoms with Crippen molar-refractivity contribution in [2.45, 2.75) is 24.7 Å². The lowest BCUT2D eigenvalue weighted by Gasteiger charge is -2.46. The fourth-order valence-electron chi connectivity index (χ4n) is 9.32. The van der Waals surface area contributed by atoms with Crippen LogP contribution in [0.25, 0.3) is 55.9 Å². The number of aromatic nitrogens is 1. The summed E-state index contributed by atoms with van der Waals surface area (Å²) in [4.78, 5) is 3.84. The van der Waals surface area contributed by atoms with Crippen molar-refractivity contribution in [2.24, 2.45) is 0 Å². The highest BCUT2D eigenvalue weighted by Gasteiger charge is 2.53. The van der Waals surface area contributed by atoms with E-state index in [2.05, 4.69) is 183 Å². The van der Waals surface area contributed by atoms with Crippen molar-refractivity contribution in [1.82, 2.24) is 0 Å². The van der Waals surface area contributed by atoms with Gasteiger partial charge >= 0.3 is 0 Å². The van der Waals surface area contributed by atoms with E-state index < -0.39 is 5.41 Å². The van der Waals surface area contributed by atoms with E-state index in [1.165, 1.54) is 55.6 Å². The van der Waals surface area contributed by atoms with Crippen LogP contribution >= 0.6 is 0 Å². The molecule has 2 nitrogen and oxygen atoms in total. The molecular weight excluding hydrogens is 653 g/mol. The van der Waals surface area contributed by atoms with Crippen LogP contribution in [0.5, 0.6) is 0 Å². The molecule has 2 heteroatoms. The smallest absolute Gasteiger partial charge is 0.204 e. The van der Waals surface area contributed by atoms with Crippen LogP contribution in [0.15, 0.2) is 182 Å². The van der Waals surface area contributed by atoms with E-state index >= 15 is 0 Å². The molecule has 0 radical (unpaired) electrons. The predicted molar refractivity (Wildman–Crippen MR) is 219 cm³/mol. The summed E-state index contributed by atoms with van der Waals surface area (Å²) in [5.41, 5.74) is 19.4. The molecule has 10 rings (SSSR count). The quantitative estimate of drug-likeness (QED) is 0.181. The van der Waals surface area contributed by atoms with E-state index in [9.17, 15) is 5.26 Å². The molecule has 1 spiro atoms. The average Bonchev–Trinajstić information content (AvgIpc) is 3.53. The van der Waals surface area contributed by atoms with E-state index in [-0.39, 0.29) is 5.41 Å². The second-order valence-corrected chi connectivity index (χ2v) is 15.1. The van der Waals surface area contributed by atoms with Crippen LogP contribution in [0, 0.1) is 11.3 Å². The normalized spacial score (nSPS) is 14.0. The van der Waals surface area contributed by atoms with Crippen molar-refractivity contribution in [3.8, 4) is 62.0 Å². The number of H-pyrrole nitrogens is 1. The van der Waals surface area contributed by atoms with Crippen molar-refractivity contribution in [3.63, 3.8) is 0 Å². The monoisotopic (exact) mass is 689 g/mol. The molecule has 0 saturated carbocycles. The van der Waals surface area contributed by atoms with Crippen LogP contribution < -0.4 is 4.98 Å². The molecule has 254 valence electrons. The number of hydrogen-bond acceptors (Lipinski definition) is 1. The van der Waals surface area contributed by atoms with E-state index in [0.717, 1.165) is 33.6 Å². The van der Waals surface area contributed by atoms with Gasteiger partial charge in [-0.05, 0) is 103 Å². The molecule has 54 heavy (non-hydrogen) atoms. The second-order valence-electron chi connectivity index (χ2n) is 15.1. The fraction of sp³-hybridized carbons (Fsp3) is 0.0769. The maximum Gasteiger partial charge on any atom is 0.211 e. The summed E-state index contributed by atoms with van der Waals surface area (Å²) in [6, 6.07) is 68.1. The largest absolute Gasteiger partial charge is 0.211 e. The van der Waals surface area contributed by atoms with Crippen molar-refractivity contribution < 1.29 is 4.98 Å². The van der Waals surface area contributed by atoms with Crippen molar-refractivity contribution in [2.75, 3.05) is 0 Å². The lowest BCUT2D eigenvalue weighted by atomic mass is 9.55. The molecule has 2 aliphatic rings. The van der Waals surface area contributed by atoms with Gasteiger partial charge in [-0.1, -0.05) is 147 Å². The van der Waals surface area contributed by atoms with Gasteiger partial charge in [0.25, 0.3) is 0 Å². The minimum atomic E-state index is -0.428. The summed E-state index contributed by atoms with van der Waals surface area (Å²) in [5.74, 6) is 0. The molecule has 1 aromatic heterocycles. The highest BCUT2D eigenvalue weighted by molar-refractivity contribution is 5.90. The first-order valence-electron chi connectivity index (χ1n) is 18.7. The Kier molecular flexibility index (Phi) is 7.16. The van der Waals surface area contributed by atoms with Gasteiger partial charge in [0.1, 0.15) is 0 Å². The number of pyridine rings is 1. The Hall–Kier alpha value is -6.82. The van der Waals surface area contributed by atoms with Crippen LogP contribution in [0.2, 0.25) is 0 Å². The minimum absolute atomic E-state index is 0.135. The van der Waals surface area contributed by atoms with Gasteiger partial charge in [-0.15, -0.1) is 0 Å². The molecule has 0 saturated heterocycles. The van der Waals surface area contributed by atoms with Gasteiger partial charge in [-0.25, -0.2) is 4.98 Å². The summed E-state index contributed by atoms with van der Waals surface area (Å²) in [6.45, 7) is 4.73. The summed E-state index contributed by atoms with van der Waals surface area (Å²) in [5, 5.41) is 9.76. The van der Waals surface area contributed by atoms with Crippen LogP contribution in [-0.4, -0.2) is 0 Å². The van der Waals surface area contributed by atoms with Gasteiger partial charge < -0.3 is 0 Å². The molecule has 2 aliphatic carbocycles. The van der Waals surface area contributed by atoms with Crippen molar-refractivity contribution in [3.05, 3.63) is 221 Å². The third-order valence-corrected chi connectivity index (χ3v) is 11.9. The zero-order valence-electron chi connectivity index (χ0n) is 30.3. The van der Waals surface area contributed by atoms with Crippen LogP contribution in [-0.2, 0) is 10.8 Å². The zero-order chi connectivity index (χ0) is 36.4. The molecule has 0 unspecified atom stereocenters.